The molecule has 122 valence electrons. The molecule has 3 nitrogen and oxygen atoms in total. The summed E-state index contributed by atoms with van der Waals surface area (Å²) in [5.74, 6) is -0.657. The van der Waals surface area contributed by atoms with E-state index < -0.39 is 0 Å². The fourth-order valence-corrected chi connectivity index (χ4v) is 3.11. The predicted molar refractivity (Wildman–Crippen MR) is 93.2 cm³/mol. The van der Waals surface area contributed by atoms with Crippen molar-refractivity contribution in [2.45, 2.75) is 6.92 Å². The summed E-state index contributed by atoms with van der Waals surface area (Å²) in [4.78, 5) is 5.04. The van der Waals surface area contributed by atoms with Crippen molar-refractivity contribution < 1.29 is 8.78 Å². The molecule has 2 aromatic carbocycles. The summed E-state index contributed by atoms with van der Waals surface area (Å²) in [5.41, 5.74) is 1.68. The van der Waals surface area contributed by atoms with E-state index in [9.17, 15) is 8.78 Å². The van der Waals surface area contributed by atoms with Gasteiger partial charge in [0.1, 0.15) is 11.6 Å². The quantitative estimate of drug-likeness (QED) is 0.632. The van der Waals surface area contributed by atoms with Crippen LogP contribution in [0.2, 0.25) is 0 Å². The van der Waals surface area contributed by atoms with Gasteiger partial charge in [-0.25, -0.2) is 13.5 Å². The second kappa shape index (κ2) is 7.31. The van der Waals surface area contributed by atoms with Gasteiger partial charge in [-0.2, -0.15) is 5.10 Å². The Morgan fingerprint density at radius 2 is 1.96 bits per heavy atom. The molecule has 1 aromatic heterocycles. The molecule has 0 aliphatic rings. The maximum absolute atomic E-state index is 14.1. The normalized spacial score (nSPS) is 12.2. The van der Waals surface area contributed by atoms with Crippen LogP contribution in [0.4, 0.5) is 8.78 Å². The molecule has 0 fully saturated rings. The first-order valence-electron chi connectivity index (χ1n) is 7.45. The fraction of sp³-hybridized carbons (Fsp3) is 0.111. The zero-order valence-corrected chi connectivity index (χ0v) is 13.8. The van der Waals surface area contributed by atoms with Crippen LogP contribution in [0.15, 0.2) is 64.0 Å². The average Bonchev–Trinajstić information content (AvgIpc) is 2.96. The number of halogens is 2. The average molecular weight is 343 g/mol. The Balaban J connectivity index is 2.10. The zero-order chi connectivity index (χ0) is 16.9. The van der Waals surface area contributed by atoms with Gasteiger partial charge in [0.15, 0.2) is 0 Å². The van der Waals surface area contributed by atoms with Crippen LogP contribution in [0.25, 0.3) is 11.3 Å². The van der Waals surface area contributed by atoms with Gasteiger partial charge in [0.25, 0.3) is 0 Å². The topological polar surface area (TPSA) is 29.6 Å². The van der Waals surface area contributed by atoms with Gasteiger partial charge in [0.2, 0.25) is 4.80 Å². The monoisotopic (exact) mass is 343 g/mol. The Morgan fingerprint density at radius 1 is 1.12 bits per heavy atom. The second-order valence-electron chi connectivity index (χ2n) is 4.97. The molecule has 0 amide bonds. The van der Waals surface area contributed by atoms with Gasteiger partial charge in [0.05, 0.1) is 11.9 Å². The Bertz CT molecular complexity index is 941. The molecule has 0 saturated heterocycles. The van der Waals surface area contributed by atoms with Crippen molar-refractivity contribution in [2.24, 2.45) is 10.1 Å². The minimum absolute atomic E-state index is 0.326. The van der Waals surface area contributed by atoms with Crippen molar-refractivity contribution in [3.05, 3.63) is 75.9 Å². The van der Waals surface area contributed by atoms with Gasteiger partial charge in [-0.15, -0.1) is 11.3 Å². The number of rotatable bonds is 4. The summed E-state index contributed by atoms with van der Waals surface area (Å²) in [5, 5.41) is 6.20. The molecule has 1 heterocycles. The van der Waals surface area contributed by atoms with Crippen LogP contribution in [-0.4, -0.2) is 17.4 Å². The van der Waals surface area contributed by atoms with Gasteiger partial charge in [-0.3, -0.25) is 4.99 Å². The standard InChI is InChI=1S/C18H15F2N3S/c1-2-21-18-23(22-11-13-6-5-7-14(19)10-13)17(12-24-18)15-8-3-4-9-16(15)20/h3-12H,2H2,1H3/b21-18?,22-11-. The van der Waals surface area contributed by atoms with E-state index in [1.165, 1.54) is 35.8 Å². The number of hydrogen-bond donors (Lipinski definition) is 0. The lowest BCUT2D eigenvalue weighted by Crippen LogP contribution is -2.12. The fourth-order valence-electron chi connectivity index (χ4n) is 2.22. The SMILES string of the molecule is CCN=c1scc(-c2ccccc2F)n1/N=C\c1cccc(F)c1. The molecule has 0 radical (unpaired) electrons. The molecule has 0 unspecified atom stereocenters. The van der Waals surface area contributed by atoms with E-state index in [0.717, 1.165) is 0 Å². The first-order valence-corrected chi connectivity index (χ1v) is 8.33. The molecule has 0 saturated carbocycles. The lowest BCUT2D eigenvalue weighted by molar-refractivity contribution is 0.627. The minimum atomic E-state index is -0.331. The van der Waals surface area contributed by atoms with Crippen LogP contribution >= 0.6 is 11.3 Å². The molecular weight excluding hydrogens is 328 g/mol. The highest BCUT2D eigenvalue weighted by atomic mass is 32.1. The highest BCUT2D eigenvalue weighted by Crippen LogP contribution is 2.23. The van der Waals surface area contributed by atoms with Gasteiger partial charge in [-0.1, -0.05) is 24.3 Å². The van der Waals surface area contributed by atoms with E-state index in [2.05, 4.69) is 10.1 Å². The van der Waals surface area contributed by atoms with E-state index in [-0.39, 0.29) is 11.6 Å². The Kier molecular flexibility index (Phi) is 4.96. The summed E-state index contributed by atoms with van der Waals surface area (Å²) >= 11 is 1.38. The zero-order valence-electron chi connectivity index (χ0n) is 13.0. The first kappa shape index (κ1) is 16.3. The Hall–Kier alpha value is -2.60. The molecule has 24 heavy (non-hydrogen) atoms. The molecule has 6 heteroatoms. The van der Waals surface area contributed by atoms with E-state index in [1.54, 1.807) is 35.0 Å². The summed E-state index contributed by atoms with van der Waals surface area (Å²) in [7, 11) is 0. The molecule has 0 bridgehead atoms. The first-order chi connectivity index (χ1) is 11.7. The lowest BCUT2D eigenvalue weighted by atomic mass is 10.1. The van der Waals surface area contributed by atoms with Crippen molar-refractivity contribution in [2.75, 3.05) is 6.54 Å². The lowest BCUT2D eigenvalue weighted by Gasteiger charge is -2.04. The van der Waals surface area contributed by atoms with Crippen LogP contribution < -0.4 is 4.80 Å². The Morgan fingerprint density at radius 3 is 2.71 bits per heavy atom. The highest BCUT2D eigenvalue weighted by molar-refractivity contribution is 7.07. The third kappa shape index (κ3) is 3.49. The van der Waals surface area contributed by atoms with Crippen LogP contribution in [0.3, 0.4) is 0 Å². The van der Waals surface area contributed by atoms with Gasteiger partial charge in [0, 0.05) is 17.5 Å². The maximum Gasteiger partial charge on any atom is 0.206 e. The van der Waals surface area contributed by atoms with Gasteiger partial charge in [-0.05, 0) is 36.8 Å². The molecular formula is C18H15F2N3S. The third-order valence-corrected chi connectivity index (χ3v) is 4.15. The van der Waals surface area contributed by atoms with Crippen molar-refractivity contribution in [1.29, 1.82) is 0 Å². The smallest absolute Gasteiger partial charge is 0.206 e. The van der Waals surface area contributed by atoms with Crippen molar-refractivity contribution in [3.8, 4) is 11.3 Å². The maximum atomic E-state index is 14.1. The number of thiazole rings is 1. The molecule has 0 spiro atoms. The highest BCUT2D eigenvalue weighted by Gasteiger charge is 2.11. The van der Waals surface area contributed by atoms with E-state index in [4.69, 9.17) is 0 Å². The number of benzene rings is 2. The van der Waals surface area contributed by atoms with E-state index >= 15 is 0 Å². The van der Waals surface area contributed by atoms with Crippen LogP contribution in [0, 0.1) is 11.6 Å². The second-order valence-corrected chi connectivity index (χ2v) is 5.81. The van der Waals surface area contributed by atoms with Crippen molar-refractivity contribution in [3.63, 3.8) is 0 Å². The number of hydrogen-bond acceptors (Lipinski definition) is 3. The summed E-state index contributed by atoms with van der Waals surface area (Å²) < 4.78 is 29.0. The predicted octanol–water partition coefficient (Wildman–Crippen LogP) is 4.30. The van der Waals surface area contributed by atoms with E-state index in [0.29, 0.717) is 28.2 Å². The third-order valence-electron chi connectivity index (χ3n) is 3.30. The van der Waals surface area contributed by atoms with Gasteiger partial charge < -0.3 is 0 Å². The molecule has 3 aromatic rings. The molecule has 3 rings (SSSR count). The molecule has 0 atom stereocenters. The molecule has 0 aliphatic heterocycles. The molecule has 0 N–H and O–H groups in total. The van der Waals surface area contributed by atoms with Crippen LogP contribution in [0.5, 0.6) is 0 Å². The number of nitrogens with zero attached hydrogens (tertiary/aromatic N) is 3. The largest absolute Gasteiger partial charge is 0.258 e. The summed E-state index contributed by atoms with van der Waals surface area (Å²) in [6, 6.07) is 12.6. The van der Waals surface area contributed by atoms with Crippen molar-refractivity contribution >= 4 is 17.6 Å². The molecule has 0 aliphatic carbocycles. The van der Waals surface area contributed by atoms with E-state index in [1.807, 2.05) is 12.3 Å². The minimum Gasteiger partial charge on any atom is -0.258 e. The summed E-state index contributed by atoms with van der Waals surface area (Å²) in [6.45, 7) is 2.51. The van der Waals surface area contributed by atoms with Crippen LogP contribution in [0.1, 0.15) is 12.5 Å². The Labute approximate surface area is 142 Å². The van der Waals surface area contributed by atoms with Crippen LogP contribution in [-0.2, 0) is 0 Å². The number of aromatic nitrogens is 1. The van der Waals surface area contributed by atoms with Crippen molar-refractivity contribution in [1.82, 2.24) is 4.68 Å². The summed E-state index contributed by atoms with van der Waals surface area (Å²) in [6.07, 6.45) is 1.54. The van der Waals surface area contributed by atoms with Gasteiger partial charge >= 0.3 is 0 Å².